The van der Waals surface area contributed by atoms with Crippen molar-refractivity contribution in [3.05, 3.63) is 23.8 Å². The van der Waals surface area contributed by atoms with E-state index < -0.39 is 15.6 Å². The second-order valence-corrected chi connectivity index (χ2v) is 7.85. The predicted octanol–water partition coefficient (Wildman–Crippen LogP) is 1.49. The van der Waals surface area contributed by atoms with Crippen LogP contribution in [0.5, 0.6) is 0 Å². The first-order valence-electron chi connectivity index (χ1n) is 7.34. The van der Waals surface area contributed by atoms with Gasteiger partial charge in [-0.15, -0.1) is 0 Å². The van der Waals surface area contributed by atoms with Gasteiger partial charge in [0.15, 0.2) is 0 Å². The molecule has 1 aromatic rings. The number of amides is 1. The van der Waals surface area contributed by atoms with Gasteiger partial charge in [-0.3, -0.25) is 4.79 Å². The third-order valence-electron chi connectivity index (χ3n) is 4.33. The minimum Gasteiger partial charge on any atom is -0.326 e. The summed E-state index contributed by atoms with van der Waals surface area (Å²) < 4.78 is 23.1. The quantitative estimate of drug-likeness (QED) is 0.780. The van der Waals surface area contributed by atoms with Gasteiger partial charge in [0.1, 0.15) is 0 Å². The number of carbonyl (C=O) groups excluding carboxylic acids is 1. The summed E-state index contributed by atoms with van der Waals surface area (Å²) in [4.78, 5) is 12.5. The largest absolute Gasteiger partial charge is 0.326 e. The summed E-state index contributed by atoms with van der Waals surface area (Å²) in [5.74, 6) is -0.450. The Morgan fingerprint density at radius 1 is 1.36 bits per heavy atom. The van der Waals surface area contributed by atoms with Crippen LogP contribution >= 0.6 is 0 Å². The molecule has 2 unspecified atom stereocenters. The zero-order valence-electron chi connectivity index (χ0n) is 12.9. The van der Waals surface area contributed by atoms with Crippen molar-refractivity contribution in [1.29, 1.82) is 0 Å². The molecule has 0 aliphatic heterocycles. The van der Waals surface area contributed by atoms with Gasteiger partial charge in [-0.05, 0) is 44.4 Å². The van der Waals surface area contributed by atoms with Crippen LogP contribution in [0.25, 0.3) is 0 Å². The topological polar surface area (TPSA) is 115 Å². The Hall–Kier alpha value is -1.44. The molecule has 22 heavy (non-hydrogen) atoms. The van der Waals surface area contributed by atoms with Gasteiger partial charge in [-0.1, -0.05) is 18.9 Å². The van der Waals surface area contributed by atoms with E-state index in [2.05, 4.69) is 5.32 Å². The SMILES string of the molecule is Cc1ccc(NC(=O)C2CCCCC2(C)N)cc1S(N)(=O)=O. The Balaban J connectivity index is 2.22. The molecule has 1 aliphatic carbocycles. The van der Waals surface area contributed by atoms with Crippen molar-refractivity contribution in [3.63, 3.8) is 0 Å². The van der Waals surface area contributed by atoms with Gasteiger partial charge in [0.05, 0.1) is 10.8 Å². The molecule has 122 valence electrons. The molecule has 0 saturated heterocycles. The van der Waals surface area contributed by atoms with E-state index in [4.69, 9.17) is 10.9 Å². The van der Waals surface area contributed by atoms with E-state index in [0.717, 1.165) is 25.7 Å². The van der Waals surface area contributed by atoms with Gasteiger partial charge >= 0.3 is 0 Å². The first-order valence-corrected chi connectivity index (χ1v) is 8.89. The summed E-state index contributed by atoms with van der Waals surface area (Å²) in [6, 6.07) is 4.68. The lowest BCUT2D eigenvalue weighted by Gasteiger charge is -2.37. The Bertz CT molecular complexity index is 683. The molecular weight excluding hydrogens is 302 g/mol. The molecule has 0 spiro atoms. The Labute approximate surface area is 131 Å². The molecule has 2 atom stereocenters. The normalized spacial score (nSPS) is 25.7. The highest BCUT2D eigenvalue weighted by Gasteiger charge is 2.37. The third kappa shape index (κ3) is 3.66. The highest BCUT2D eigenvalue weighted by Crippen LogP contribution is 2.32. The number of aryl methyl sites for hydroxylation is 1. The molecule has 1 fully saturated rings. The fourth-order valence-electron chi connectivity index (χ4n) is 3.00. The average molecular weight is 325 g/mol. The fourth-order valence-corrected chi connectivity index (χ4v) is 3.81. The first kappa shape index (κ1) is 16.9. The van der Waals surface area contributed by atoms with Crippen LogP contribution in [0, 0.1) is 12.8 Å². The predicted molar refractivity (Wildman–Crippen MR) is 85.7 cm³/mol. The molecule has 5 N–H and O–H groups in total. The number of nitrogens with one attached hydrogen (secondary N) is 1. The maximum absolute atomic E-state index is 12.5. The third-order valence-corrected chi connectivity index (χ3v) is 5.39. The summed E-state index contributed by atoms with van der Waals surface area (Å²) in [6.45, 7) is 3.55. The molecule has 1 saturated carbocycles. The molecule has 1 aliphatic rings. The van der Waals surface area contributed by atoms with E-state index in [9.17, 15) is 13.2 Å². The molecule has 0 radical (unpaired) electrons. The Morgan fingerprint density at radius 2 is 2.05 bits per heavy atom. The van der Waals surface area contributed by atoms with E-state index in [1.807, 2.05) is 6.92 Å². The van der Waals surface area contributed by atoms with Gasteiger partial charge in [0.2, 0.25) is 15.9 Å². The van der Waals surface area contributed by atoms with Crippen LogP contribution in [0.3, 0.4) is 0 Å². The van der Waals surface area contributed by atoms with Gasteiger partial charge < -0.3 is 11.1 Å². The number of carbonyl (C=O) groups is 1. The van der Waals surface area contributed by atoms with E-state index in [1.54, 1.807) is 19.1 Å². The Morgan fingerprint density at radius 3 is 2.64 bits per heavy atom. The van der Waals surface area contributed by atoms with Crippen LogP contribution < -0.4 is 16.2 Å². The van der Waals surface area contributed by atoms with E-state index in [-0.39, 0.29) is 16.7 Å². The number of nitrogens with two attached hydrogens (primary N) is 2. The van der Waals surface area contributed by atoms with Crippen molar-refractivity contribution in [2.24, 2.45) is 16.8 Å². The second-order valence-electron chi connectivity index (χ2n) is 6.32. The van der Waals surface area contributed by atoms with Crippen LogP contribution in [0.15, 0.2) is 23.1 Å². The molecule has 0 aromatic heterocycles. The number of sulfonamides is 1. The van der Waals surface area contributed by atoms with Crippen molar-refractivity contribution in [3.8, 4) is 0 Å². The van der Waals surface area contributed by atoms with Gasteiger partial charge in [-0.25, -0.2) is 13.6 Å². The highest BCUT2D eigenvalue weighted by molar-refractivity contribution is 7.89. The molecular formula is C15H23N3O3S. The van der Waals surface area contributed by atoms with E-state index >= 15 is 0 Å². The van der Waals surface area contributed by atoms with Crippen molar-refractivity contribution >= 4 is 21.6 Å². The van der Waals surface area contributed by atoms with E-state index in [0.29, 0.717) is 11.3 Å². The smallest absolute Gasteiger partial charge is 0.238 e. The standard InChI is InChI=1S/C15H23N3O3S/c1-10-6-7-11(9-13(10)22(17,20)21)18-14(19)12-5-3-4-8-15(12,2)16/h6-7,9,12H,3-5,8,16H2,1-2H3,(H,18,19)(H2,17,20,21). The Kier molecular flexibility index (Phi) is 4.60. The molecule has 1 aromatic carbocycles. The number of anilines is 1. The summed E-state index contributed by atoms with van der Waals surface area (Å²) in [5, 5.41) is 7.95. The summed E-state index contributed by atoms with van der Waals surface area (Å²) >= 11 is 0. The zero-order valence-corrected chi connectivity index (χ0v) is 13.7. The number of primary sulfonamides is 1. The van der Waals surface area contributed by atoms with Gasteiger partial charge in [0, 0.05) is 11.2 Å². The maximum Gasteiger partial charge on any atom is 0.238 e. The minimum atomic E-state index is -3.82. The lowest BCUT2D eigenvalue weighted by atomic mass is 9.74. The van der Waals surface area contributed by atoms with E-state index in [1.165, 1.54) is 6.07 Å². The second kappa shape index (κ2) is 5.98. The minimum absolute atomic E-state index is 0.0180. The van der Waals surface area contributed by atoms with Gasteiger partial charge in [0.25, 0.3) is 0 Å². The monoisotopic (exact) mass is 325 g/mol. The first-order chi connectivity index (χ1) is 10.1. The number of benzene rings is 1. The van der Waals surface area contributed by atoms with Gasteiger partial charge in [-0.2, -0.15) is 0 Å². The average Bonchev–Trinajstić information content (AvgIpc) is 2.39. The van der Waals surface area contributed by atoms with Crippen LogP contribution in [0.4, 0.5) is 5.69 Å². The van der Waals surface area contributed by atoms with Crippen molar-refractivity contribution in [2.75, 3.05) is 5.32 Å². The zero-order chi connectivity index (χ0) is 16.5. The molecule has 1 amide bonds. The summed E-state index contributed by atoms with van der Waals surface area (Å²) in [5.41, 5.74) is 6.65. The van der Waals surface area contributed by atoms with Crippen LogP contribution in [-0.4, -0.2) is 19.9 Å². The fraction of sp³-hybridized carbons (Fsp3) is 0.533. The molecule has 6 nitrogen and oxygen atoms in total. The van der Waals surface area contributed by atoms with Crippen molar-refractivity contribution in [2.45, 2.75) is 50.0 Å². The van der Waals surface area contributed by atoms with Crippen LogP contribution in [-0.2, 0) is 14.8 Å². The highest BCUT2D eigenvalue weighted by atomic mass is 32.2. The molecule has 7 heteroatoms. The maximum atomic E-state index is 12.5. The van der Waals surface area contributed by atoms with Crippen molar-refractivity contribution < 1.29 is 13.2 Å². The van der Waals surface area contributed by atoms with Crippen molar-refractivity contribution in [1.82, 2.24) is 0 Å². The molecule has 2 rings (SSSR count). The summed E-state index contributed by atoms with van der Waals surface area (Å²) in [6.07, 6.45) is 3.55. The summed E-state index contributed by atoms with van der Waals surface area (Å²) in [7, 11) is -3.82. The van der Waals surface area contributed by atoms with Crippen LogP contribution in [0.2, 0.25) is 0 Å². The molecule has 0 bridgehead atoms. The number of hydrogen-bond donors (Lipinski definition) is 3. The number of hydrogen-bond acceptors (Lipinski definition) is 4. The lowest BCUT2D eigenvalue weighted by molar-refractivity contribution is -0.122. The number of rotatable bonds is 3. The molecule has 0 heterocycles. The lowest BCUT2D eigenvalue weighted by Crippen LogP contribution is -2.51. The van der Waals surface area contributed by atoms with Crippen LogP contribution in [0.1, 0.15) is 38.2 Å².